The summed E-state index contributed by atoms with van der Waals surface area (Å²) < 4.78 is 15.8. The predicted molar refractivity (Wildman–Crippen MR) is 112 cm³/mol. The second-order valence-corrected chi connectivity index (χ2v) is 6.11. The quantitative estimate of drug-likeness (QED) is 0.639. The maximum atomic E-state index is 12.6. The van der Waals surface area contributed by atoms with Gasteiger partial charge in [-0.1, -0.05) is 6.07 Å². The molecule has 0 aliphatic heterocycles. The highest BCUT2D eigenvalue weighted by atomic mass is 32.1. The number of nitrogens with zero attached hydrogens (tertiary/aromatic N) is 1. The predicted octanol–water partition coefficient (Wildman–Crippen LogP) is 3.39. The number of thiocarbonyl (C=S) groups is 1. The molecule has 2 aromatic carbocycles. The van der Waals surface area contributed by atoms with E-state index in [0.717, 1.165) is 16.6 Å². The first kappa shape index (κ1) is 19.4. The van der Waals surface area contributed by atoms with Crippen LogP contribution in [-0.4, -0.2) is 37.3 Å². The van der Waals surface area contributed by atoms with Crippen LogP contribution in [0.5, 0.6) is 17.2 Å². The van der Waals surface area contributed by atoms with Crippen molar-refractivity contribution in [1.29, 1.82) is 0 Å². The van der Waals surface area contributed by atoms with Crippen LogP contribution in [0.3, 0.4) is 0 Å². The summed E-state index contributed by atoms with van der Waals surface area (Å²) >= 11 is 5.30. The van der Waals surface area contributed by atoms with Gasteiger partial charge in [0.2, 0.25) is 5.75 Å². The lowest BCUT2D eigenvalue weighted by atomic mass is 10.1. The fourth-order valence-corrected chi connectivity index (χ4v) is 2.96. The fraction of sp³-hybridized carbons (Fsp3) is 0.150. The molecule has 0 saturated heterocycles. The molecule has 0 radical (unpaired) electrons. The second kappa shape index (κ2) is 8.53. The van der Waals surface area contributed by atoms with Crippen LogP contribution in [0, 0.1) is 0 Å². The monoisotopic (exact) mass is 397 g/mol. The maximum absolute atomic E-state index is 12.6. The Balaban J connectivity index is 1.80. The largest absolute Gasteiger partial charge is 0.493 e. The molecule has 1 aromatic heterocycles. The molecule has 0 aliphatic rings. The van der Waals surface area contributed by atoms with Gasteiger partial charge in [-0.3, -0.25) is 15.1 Å². The number of aromatic nitrogens is 1. The van der Waals surface area contributed by atoms with Crippen LogP contribution in [0.4, 0.5) is 5.69 Å². The number of benzene rings is 2. The van der Waals surface area contributed by atoms with Gasteiger partial charge < -0.3 is 19.5 Å². The molecule has 0 aliphatic carbocycles. The highest BCUT2D eigenvalue weighted by molar-refractivity contribution is 7.80. The van der Waals surface area contributed by atoms with E-state index in [1.165, 1.54) is 21.3 Å². The lowest BCUT2D eigenvalue weighted by Gasteiger charge is -2.15. The Morgan fingerprint density at radius 3 is 2.36 bits per heavy atom. The van der Waals surface area contributed by atoms with E-state index in [0.29, 0.717) is 22.8 Å². The van der Waals surface area contributed by atoms with E-state index in [1.54, 1.807) is 18.3 Å². The van der Waals surface area contributed by atoms with Gasteiger partial charge in [0, 0.05) is 22.8 Å². The molecule has 0 saturated carbocycles. The Hall–Kier alpha value is -3.39. The molecule has 0 spiro atoms. The standard InChI is InChI=1S/C20H19N3O4S/c1-25-16-10-12(11-17(26-2)18(16)27-3)19(24)23-20(28)22-15-8-4-7-14-13(15)6-5-9-21-14/h4-11H,1-3H3,(H2,22,23,24,28). The Morgan fingerprint density at radius 1 is 1.00 bits per heavy atom. The number of pyridine rings is 1. The first-order valence-electron chi connectivity index (χ1n) is 8.33. The molecule has 28 heavy (non-hydrogen) atoms. The Morgan fingerprint density at radius 2 is 1.71 bits per heavy atom. The van der Waals surface area contributed by atoms with Gasteiger partial charge in [-0.25, -0.2) is 0 Å². The number of rotatable bonds is 5. The SMILES string of the molecule is COc1cc(C(=O)NC(=S)Nc2cccc3ncccc23)cc(OC)c1OC. The summed E-state index contributed by atoms with van der Waals surface area (Å²) in [6.45, 7) is 0. The normalized spacial score (nSPS) is 10.2. The summed E-state index contributed by atoms with van der Waals surface area (Å²) in [5.41, 5.74) is 1.89. The minimum absolute atomic E-state index is 0.162. The van der Waals surface area contributed by atoms with Crippen molar-refractivity contribution in [3.8, 4) is 17.2 Å². The van der Waals surface area contributed by atoms with E-state index in [1.807, 2.05) is 30.3 Å². The number of fused-ring (bicyclic) bond motifs is 1. The first-order valence-corrected chi connectivity index (χ1v) is 8.74. The van der Waals surface area contributed by atoms with Gasteiger partial charge in [0.05, 0.1) is 26.8 Å². The third-order valence-corrected chi connectivity index (χ3v) is 4.25. The van der Waals surface area contributed by atoms with Crippen molar-refractivity contribution < 1.29 is 19.0 Å². The molecule has 8 heteroatoms. The molecule has 0 bridgehead atoms. The minimum Gasteiger partial charge on any atom is -0.493 e. The molecule has 1 heterocycles. The molecule has 2 N–H and O–H groups in total. The van der Waals surface area contributed by atoms with Crippen LogP contribution in [-0.2, 0) is 0 Å². The molecule has 3 rings (SSSR count). The number of hydrogen-bond donors (Lipinski definition) is 2. The van der Waals surface area contributed by atoms with Gasteiger partial charge in [-0.15, -0.1) is 0 Å². The van der Waals surface area contributed by atoms with E-state index in [-0.39, 0.29) is 5.11 Å². The van der Waals surface area contributed by atoms with E-state index in [4.69, 9.17) is 26.4 Å². The second-order valence-electron chi connectivity index (χ2n) is 5.70. The van der Waals surface area contributed by atoms with E-state index in [2.05, 4.69) is 15.6 Å². The number of nitrogens with one attached hydrogen (secondary N) is 2. The zero-order chi connectivity index (χ0) is 20.1. The molecular formula is C20H19N3O4S. The maximum Gasteiger partial charge on any atom is 0.257 e. The van der Waals surface area contributed by atoms with Crippen molar-refractivity contribution in [2.24, 2.45) is 0 Å². The Labute approximate surface area is 167 Å². The zero-order valence-corrected chi connectivity index (χ0v) is 16.4. The number of hydrogen-bond acceptors (Lipinski definition) is 6. The molecule has 0 atom stereocenters. The highest BCUT2D eigenvalue weighted by Crippen LogP contribution is 2.38. The number of carbonyl (C=O) groups excluding carboxylic acids is 1. The summed E-state index contributed by atoms with van der Waals surface area (Å²) in [4.78, 5) is 16.9. The van der Waals surface area contributed by atoms with Crippen molar-refractivity contribution in [2.45, 2.75) is 0 Å². The Kier molecular flexibility index (Phi) is 5.90. The summed E-state index contributed by atoms with van der Waals surface area (Å²) in [6.07, 6.45) is 1.72. The number of amides is 1. The third-order valence-electron chi connectivity index (χ3n) is 4.05. The Bertz CT molecular complexity index is 1010. The summed E-state index contributed by atoms with van der Waals surface area (Å²) in [6, 6.07) is 12.5. The van der Waals surface area contributed by atoms with Crippen molar-refractivity contribution >= 4 is 39.8 Å². The van der Waals surface area contributed by atoms with Crippen molar-refractivity contribution in [3.05, 3.63) is 54.2 Å². The van der Waals surface area contributed by atoms with Gasteiger partial charge in [-0.2, -0.15) is 0 Å². The average Bonchev–Trinajstić information content (AvgIpc) is 2.72. The number of ether oxygens (including phenoxy) is 3. The number of anilines is 1. The molecule has 144 valence electrons. The summed E-state index contributed by atoms with van der Waals surface area (Å²) in [5.74, 6) is 0.762. The van der Waals surface area contributed by atoms with Gasteiger partial charge >= 0.3 is 0 Å². The third kappa shape index (κ3) is 3.96. The molecule has 1 amide bonds. The lowest BCUT2D eigenvalue weighted by molar-refractivity contribution is 0.0977. The van der Waals surface area contributed by atoms with Crippen LogP contribution in [0.1, 0.15) is 10.4 Å². The topological polar surface area (TPSA) is 81.7 Å². The van der Waals surface area contributed by atoms with E-state index in [9.17, 15) is 4.79 Å². The number of carbonyl (C=O) groups is 1. The van der Waals surface area contributed by atoms with Gasteiger partial charge in [0.25, 0.3) is 5.91 Å². The van der Waals surface area contributed by atoms with Crippen LogP contribution in [0.2, 0.25) is 0 Å². The van der Waals surface area contributed by atoms with Gasteiger partial charge in [0.15, 0.2) is 16.6 Å². The molecular weight excluding hydrogens is 378 g/mol. The molecule has 0 unspecified atom stereocenters. The van der Waals surface area contributed by atoms with E-state index >= 15 is 0 Å². The highest BCUT2D eigenvalue weighted by Gasteiger charge is 2.18. The number of methoxy groups -OCH3 is 3. The van der Waals surface area contributed by atoms with Crippen molar-refractivity contribution in [2.75, 3.05) is 26.6 Å². The van der Waals surface area contributed by atoms with Crippen molar-refractivity contribution in [1.82, 2.24) is 10.3 Å². The zero-order valence-electron chi connectivity index (χ0n) is 15.6. The summed E-state index contributed by atoms with van der Waals surface area (Å²) in [5, 5.41) is 6.76. The fourth-order valence-electron chi connectivity index (χ4n) is 2.75. The van der Waals surface area contributed by atoms with Crippen LogP contribution in [0.25, 0.3) is 10.9 Å². The van der Waals surface area contributed by atoms with Gasteiger partial charge in [0.1, 0.15) is 0 Å². The van der Waals surface area contributed by atoms with Crippen LogP contribution < -0.4 is 24.8 Å². The molecule has 7 nitrogen and oxygen atoms in total. The first-order chi connectivity index (χ1) is 13.6. The van der Waals surface area contributed by atoms with Crippen LogP contribution in [0.15, 0.2) is 48.7 Å². The minimum atomic E-state index is -0.407. The van der Waals surface area contributed by atoms with E-state index < -0.39 is 5.91 Å². The average molecular weight is 397 g/mol. The van der Waals surface area contributed by atoms with Gasteiger partial charge in [-0.05, 0) is 48.6 Å². The smallest absolute Gasteiger partial charge is 0.257 e. The summed E-state index contributed by atoms with van der Waals surface area (Å²) in [7, 11) is 4.47. The van der Waals surface area contributed by atoms with Crippen LogP contribution >= 0.6 is 12.2 Å². The lowest BCUT2D eigenvalue weighted by Crippen LogP contribution is -2.34. The van der Waals surface area contributed by atoms with Crippen molar-refractivity contribution in [3.63, 3.8) is 0 Å². The molecule has 0 fully saturated rings. The molecule has 3 aromatic rings.